The Hall–Kier alpha value is -3.15. The minimum atomic E-state index is -0.330. The molecule has 2 rings (SSSR count). The number of carbonyl (C=O) groups excluding carboxylic acids is 3. The summed E-state index contributed by atoms with van der Waals surface area (Å²) in [4.78, 5) is 35.2. The molecule has 0 atom stereocenters. The smallest absolute Gasteiger partial charge is 0.255 e. The Morgan fingerprint density at radius 2 is 1.08 bits per heavy atom. The van der Waals surface area contributed by atoms with Crippen LogP contribution in [-0.4, -0.2) is 17.7 Å². The Balaban J connectivity index is 2.32. The van der Waals surface area contributed by atoms with E-state index in [4.69, 9.17) is 0 Å². The van der Waals surface area contributed by atoms with E-state index in [0.717, 1.165) is 11.1 Å². The quantitative estimate of drug-likeness (QED) is 0.797. The number of benzene rings is 2. The first-order valence-electron chi connectivity index (χ1n) is 7.83. The minimum absolute atomic E-state index is 0.263. The maximum Gasteiger partial charge on any atom is 0.255 e. The van der Waals surface area contributed by atoms with E-state index in [1.165, 1.54) is 13.8 Å². The summed E-state index contributed by atoms with van der Waals surface area (Å²) in [7, 11) is 0. The van der Waals surface area contributed by atoms with Crippen molar-refractivity contribution >= 4 is 34.8 Å². The fraction of sp³-hybridized carbons (Fsp3) is 0.211. The predicted octanol–water partition coefficient (Wildman–Crippen LogP) is 3.47. The average molecular weight is 339 g/mol. The van der Waals surface area contributed by atoms with Crippen molar-refractivity contribution in [3.05, 3.63) is 53.1 Å². The summed E-state index contributed by atoms with van der Waals surface area (Å²) in [5.74, 6) is -0.856. The van der Waals surface area contributed by atoms with E-state index >= 15 is 0 Å². The number of nitrogens with one attached hydrogen (secondary N) is 3. The van der Waals surface area contributed by atoms with Crippen molar-refractivity contribution in [3.8, 4) is 0 Å². The first-order valence-corrected chi connectivity index (χ1v) is 7.83. The van der Waals surface area contributed by atoms with Crippen molar-refractivity contribution in [2.45, 2.75) is 27.7 Å². The molecule has 0 aliphatic rings. The number of aryl methyl sites for hydroxylation is 2. The van der Waals surface area contributed by atoms with Crippen LogP contribution in [0, 0.1) is 13.8 Å². The summed E-state index contributed by atoms with van der Waals surface area (Å²) in [6.07, 6.45) is 0. The summed E-state index contributed by atoms with van der Waals surface area (Å²) < 4.78 is 0. The number of hydrogen-bond acceptors (Lipinski definition) is 3. The van der Waals surface area contributed by atoms with E-state index in [0.29, 0.717) is 22.6 Å². The average Bonchev–Trinajstić information content (AvgIpc) is 2.44. The van der Waals surface area contributed by atoms with Gasteiger partial charge in [0.05, 0.1) is 0 Å². The highest BCUT2D eigenvalue weighted by molar-refractivity contribution is 6.06. The molecule has 130 valence electrons. The summed E-state index contributed by atoms with van der Waals surface area (Å²) in [5, 5.41) is 8.09. The van der Waals surface area contributed by atoms with Crippen LogP contribution in [0.3, 0.4) is 0 Å². The molecule has 0 bridgehead atoms. The van der Waals surface area contributed by atoms with Gasteiger partial charge >= 0.3 is 0 Å². The molecule has 2 aromatic rings. The van der Waals surface area contributed by atoms with Gasteiger partial charge in [-0.1, -0.05) is 6.07 Å². The maximum atomic E-state index is 12.6. The van der Waals surface area contributed by atoms with E-state index in [-0.39, 0.29) is 17.7 Å². The van der Waals surface area contributed by atoms with Gasteiger partial charge in [-0.2, -0.15) is 0 Å². The van der Waals surface area contributed by atoms with Crippen LogP contribution in [0.15, 0.2) is 36.4 Å². The zero-order chi connectivity index (χ0) is 18.6. The third-order valence-electron chi connectivity index (χ3n) is 3.32. The molecule has 0 saturated heterocycles. The van der Waals surface area contributed by atoms with Gasteiger partial charge in [0.1, 0.15) is 0 Å². The molecule has 0 unspecified atom stereocenters. The van der Waals surface area contributed by atoms with E-state index in [1.807, 2.05) is 32.0 Å². The van der Waals surface area contributed by atoms with E-state index < -0.39 is 0 Å². The van der Waals surface area contributed by atoms with Crippen LogP contribution < -0.4 is 16.0 Å². The molecule has 3 amide bonds. The fourth-order valence-corrected chi connectivity index (χ4v) is 2.56. The lowest BCUT2D eigenvalue weighted by molar-refractivity contribution is -0.115. The lowest BCUT2D eigenvalue weighted by Gasteiger charge is -2.12. The van der Waals surface area contributed by atoms with Gasteiger partial charge in [0.25, 0.3) is 5.91 Å². The number of rotatable bonds is 4. The Kier molecular flexibility index (Phi) is 5.54. The zero-order valence-corrected chi connectivity index (χ0v) is 14.7. The SMILES string of the molecule is CC(=O)Nc1cc(NC(C)=O)cc(C(=O)Nc2cc(C)cc(C)c2)c1. The van der Waals surface area contributed by atoms with E-state index in [1.54, 1.807) is 18.2 Å². The molecule has 0 saturated carbocycles. The zero-order valence-electron chi connectivity index (χ0n) is 14.7. The molecule has 25 heavy (non-hydrogen) atoms. The molecule has 0 fully saturated rings. The van der Waals surface area contributed by atoms with Crippen LogP contribution in [-0.2, 0) is 9.59 Å². The topological polar surface area (TPSA) is 87.3 Å². The summed E-state index contributed by atoms with van der Waals surface area (Å²) in [6.45, 7) is 6.66. The monoisotopic (exact) mass is 339 g/mol. The molecule has 0 spiro atoms. The van der Waals surface area contributed by atoms with Crippen molar-refractivity contribution in [1.29, 1.82) is 0 Å². The fourth-order valence-electron chi connectivity index (χ4n) is 2.56. The molecule has 0 aliphatic carbocycles. The standard InChI is InChI=1S/C19H21N3O3/c1-11-5-12(2)7-16(6-11)22-19(25)15-8-17(20-13(3)23)10-18(9-15)21-14(4)24/h5-10H,1-4H3,(H,20,23)(H,21,24)(H,22,25). The van der Waals surface area contributed by atoms with Gasteiger partial charge in [-0.15, -0.1) is 0 Å². The molecular formula is C19H21N3O3. The normalized spacial score (nSPS) is 10.1. The van der Waals surface area contributed by atoms with Crippen molar-refractivity contribution < 1.29 is 14.4 Å². The highest BCUT2D eigenvalue weighted by Crippen LogP contribution is 2.21. The highest BCUT2D eigenvalue weighted by Gasteiger charge is 2.11. The highest BCUT2D eigenvalue weighted by atomic mass is 16.2. The van der Waals surface area contributed by atoms with Crippen molar-refractivity contribution in [3.63, 3.8) is 0 Å². The maximum absolute atomic E-state index is 12.6. The lowest BCUT2D eigenvalue weighted by atomic mass is 10.1. The van der Waals surface area contributed by atoms with Gasteiger partial charge in [-0.3, -0.25) is 14.4 Å². The van der Waals surface area contributed by atoms with Crippen LogP contribution in [0.25, 0.3) is 0 Å². The molecule has 0 heterocycles. The van der Waals surface area contributed by atoms with Crippen molar-refractivity contribution in [2.75, 3.05) is 16.0 Å². The Labute approximate surface area is 146 Å². The van der Waals surface area contributed by atoms with Crippen LogP contribution in [0.2, 0.25) is 0 Å². The predicted molar refractivity (Wildman–Crippen MR) is 98.9 cm³/mol. The van der Waals surface area contributed by atoms with E-state index in [2.05, 4.69) is 16.0 Å². The first-order chi connectivity index (χ1) is 11.7. The van der Waals surface area contributed by atoms with Crippen LogP contribution in [0.1, 0.15) is 35.3 Å². The molecule has 0 aromatic heterocycles. The van der Waals surface area contributed by atoms with Gasteiger partial charge < -0.3 is 16.0 Å². The summed E-state index contributed by atoms with van der Waals surface area (Å²) in [5.41, 5.74) is 3.97. The van der Waals surface area contributed by atoms with Crippen LogP contribution in [0.5, 0.6) is 0 Å². The molecule has 0 aliphatic heterocycles. The molecule has 6 nitrogen and oxygen atoms in total. The second kappa shape index (κ2) is 7.61. The molecular weight excluding hydrogens is 318 g/mol. The van der Waals surface area contributed by atoms with Crippen molar-refractivity contribution in [1.82, 2.24) is 0 Å². The largest absolute Gasteiger partial charge is 0.326 e. The molecule has 6 heteroatoms. The minimum Gasteiger partial charge on any atom is -0.326 e. The molecule has 3 N–H and O–H groups in total. The van der Waals surface area contributed by atoms with Crippen LogP contribution >= 0.6 is 0 Å². The summed E-state index contributed by atoms with van der Waals surface area (Å²) in [6, 6.07) is 10.5. The second-order valence-electron chi connectivity index (χ2n) is 5.99. The van der Waals surface area contributed by atoms with Gasteiger partial charge in [-0.05, 0) is 55.3 Å². The molecule has 0 radical (unpaired) electrons. The first kappa shape index (κ1) is 18.2. The van der Waals surface area contributed by atoms with Gasteiger partial charge in [0.15, 0.2) is 0 Å². The Morgan fingerprint density at radius 3 is 1.52 bits per heavy atom. The number of amides is 3. The Bertz CT molecular complexity index is 789. The lowest BCUT2D eigenvalue weighted by Crippen LogP contribution is -2.15. The second-order valence-corrected chi connectivity index (χ2v) is 5.99. The third-order valence-corrected chi connectivity index (χ3v) is 3.32. The van der Waals surface area contributed by atoms with Gasteiger partial charge in [0, 0.05) is 36.5 Å². The van der Waals surface area contributed by atoms with Gasteiger partial charge in [-0.25, -0.2) is 0 Å². The Morgan fingerprint density at radius 1 is 0.640 bits per heavy atom. The number of anilines is 3. The number of hydrogen-bond donors (Lipinski definition) is 3. The third kappa shape index (κ3) is 5.46. The van der Waals surface area contributed by atoms with Crippen LogP contribution in [0.4, 0.5) is 17.1 Å². The summed E-state index contributed by atoms with van der Waals surface area (Å²) >= 11 is 0. The van der Waals surface area contributed by atoms with Crippen molar-refractivity contribution in [2.24, 2.45) is 0 Å². The molecule has 2 aromatic carbocycles. The van der Waals surface area contributed by atoms with Gasteiger partial charge in [0.2, 0.25) is 11.8 Å². The number of carbonyl (C=O) groups is 3. The van der Waals surface area contributed by atoms with E-state index in [9.17, 15) is 14.4 Å².